The third-order valence-corrected chi connectivity index (χ3v) is 7.59. The van der Waals surface area contributed by atoms with Gasteiger partial charge in [-0.15, -0.1) is 10.8 Å². The average Bonchev–Trinajstić information content (AvgIpc) is 3.36. The van der Waals surface area contributed by atoms with Crippen molar-refractivity contribution in [2.24, 2.45) is 0 Å². The molecule has 1 aliphatic heterocycles. The van der Waals surface area contributed by atoms with Crippen LogP contribution in [0.25, 0.3) is 22.0 Å². The lowest BCUT2D eigenvalue weighted by Crippen LogP contribution is -2.21. The van der Waals surface area contributed by atoms with Crippen LogP contribution in [0.5, 0.6) is 0 Å². The van der Waals surface area contributed by atoms with Crippen molar-refractivity contribution in [1.82, 2.24) is 10.2 Å². The molecule has 1 fully saturated rings. The van der Waals surface area contributed by atoms with Gasteiger partial charge in [-0.05, 0) is 41.3 Å². The highest BCUT2D eigenvalue weighted by molar-refractivity contribution is 8.25. The number of amides is 1. The summed E-state index contributed by atoms with van der Waals surface area (Å²) in [7, 11) is -2.78. The van der Waals surface area contributed by atoms with Crippen LogP contribution in [0.2, 0.25) is 0 Å². The Bertz CT molecular complexity index is 1260. The first-order chi connectivity index (χ1) is 15.5. The maximum absolute atomic E-state index is 12.7. The van der Waals surface area contributed by atoms with Crippen LogP contribution in [-0.2, 0) is 11.2 Å². The molecule has 1 amide bonds. The lowest BCUT2D eigenvalue weighted by Gasteiger charge is -2.38. The molecule has 8 heteroatoms. The molecular formula is C24H24N4O3S. The van der Waals surface area contributed by atoms with Gasteiger partial charge in [-0.2, -0.15) is 5.10 Å². The summed E-state index contributed by atoms with van der Waals surface area (Å²) in [6, 6.07) is 23.6. The molecule has 1 saturated heterocycles. The fourth-order valence-electron chi connectivity index (χ4n) is 4.02. The molecule has 0 atom stereocenters. The van der Waals surface area contributed by atoms with E-state index < -0.39 is 10.8 Å². The van der Waals surface area contributed by atoms with Gasteiger partial charge in [0.2, 0.25) is 5.91 Å². The Labute approximate surface area is 187 Å². The highest BCUT2D eigenvalue weighted by Crippen LogP contribution is 2.51. The van der Waals surface area contributed by atoms with Crippen LogP contribution in [-0.4, -0.2) is 37.5 Å². The van der Waals surface area contributed by atoms with E-state index in [-0.39, 0.29) is 12.3 Å². The fraction of sp³-hybridized carbons (Fsp3) is 0.167. The lowest BCUT2D eigenvalue weighted by molar-refractivity contribution is -0.115. The van der Waals surface area contributed by atoms with Crippen molar-refractivity contribution in [1.29, 1.82) is 0 Å². The van der Waals surface area contributed by atoms with Gasteiger partial charge in [-0.25, -0.2) is 0 Å². The van der Waals surface area contributed by atoms with Gasteiger partial charge in [-0.1, -0.05) is 54.6 Å². The second kappa shape index (κ2) is 8.31. The molecule has 0 aliphatic carbocycles. The predicted molar refractivity (Wildman–Crippen MR) is 130 cm³/mol. The number of aromatic nitrogens is 2. The summed E-state index contributed by atoms with van der Waals surface area (Å²) in [5, 5.41) is 10.8. The van der Waals surface area contributed by atoms with Gasteiger partial charge in [-0.3, -0.25) is 23.3 Å². The van der Waals surface area contributed by atoms with Crippen molar-refractivity contribution in [2.75, 3.05) is 21.9 Å². The summed E-state index contributed by atoms with van der Waals surface area (Å²) in [6.07, 6.45) is 0.966. The molecule has 2 heterocycles. The van der Waals surface area contributed by atoms with Gasteiger partial charge in [0.25, 0.3) is 0 Å². The van der Waals surface area contributed by atoms with E-state index in [0.717, 1.165) is 34.0 Å². The normalized spacial score (nSPS) is 16.2. The summed E-state index contributed by atoms with van der Waals surface area (Å²) < 4.78 is 22.2. The molecule has 0 radical (unpaired) electrons. The van der Waals surface area contributed by atoms with Gasteiger partial charge in [0.1, 0.15) is 0 Å². The molecule has 164 valence electrons. The second-order valence-corrected chi connectivity index (χ2v) is 10.00. The number of aromatic amines is 1. The molecule has 32 heavy (non-hydrogen) atoms. The van der Waals surface area contributed by atoms with Crippen LogP contribution < -0.4 is 9.62 Å². The molecule has 1 aromatic heterocycles. The number of hydrogen-bond donors (Lipinski definition) is 4. The van der Waals surface area contributed by atoms with Gasteiger partial charge in [0.15, 0.2) is 5.82 Å². The van der Waals surface area contributed by atoms with E-state index in [9.17, 15) is 13.9 Å². The Morgan fingerprint density at radius 3 is 2.50 bits per heavy atom. The standard InChI is InChI=1S/C24H24N4O3S/c29-23(15-17-7-9-19(10-8-17)18-5-2-1-3-6-18)25-24-21-16-20(11-12-22(21)26-27-24)28-13-4-14-32(28,30)31/h1-3,5-12,16,30-31H,4,13-15H2,(H2,25,26,27,29). The van der Waals surface area contributed by atoms with E-state index in [1.807, 2.05) is 60.7 Å². The zero-order valence-corrected chi connectivity index (χ0v) is 18.2. The summed E-state index contributed by atoms with van der Waals surface area (Å²) in [4.78, 5) is 12.7. The van der Waals surface area contributed by atoms with Crippen LogP contribution in [0.15, 0.2) is 72.8 Å². The lowest BCUT2D eigenvalue weighted by atomic mass is 10.0. The number of benzene rings is 3. The molecule has 1 aliphatic rings. The highest BCUT2D eigenvalue weighted by Gasteiger charge is 2.29. The van der Waals surface area contributed by atoms with Crippen LogP contribution >= 0.6 is 10.8 Å². The third kappa shape index (κ3) is 4.08. The molecule has 0 spiro atoms. The number of carbonyl (C=O) groups is 1. The van der Waals surface area contributed by atoms with E-state index in [1.54, 1.807) is 4.31 Å². The first-order valence-electron chi connectivity index (χ1n) is 10.5. The van der Waals surface area contributed by atoms with E-state index in [2.05, 4.69) is 27.6 Å². The minimum absolute atomic E-state index is 0.165. The molecule has 4 aromatic rings. The predicted octanol–water partition coefficient (Wildman–Crippen LogP) is 5.29. The minimum Gasteiger partial charge on any atom is -0.308 e. The molecule has 0 unspecified atom stereocenters. The first kappa shape index (κ1) is 20.6. The Morgan fingerprint density at radius 1 is 1.03 bits per heavy atom. The number of nitrogens with one attached hydrogen (secondary N) is 2. The van der Waals surface area contributed by atoms with E-state index in [1.165, 1.54) is 0 Å². The number of fused-ring (bicyclic) bond motifs is 1. The SMILES string of the molecule is O=C(Cc1ccc(-c2ccccc2)cc1)Nc1n[nH]c2ccc(N3CCCS3(O)O)cc12. The van der Waals surface area contributed by atoms with E-state index in [0.29, 0.717) is 23.8 Å². The smallest absolute Gasteiger partial charge is 0.230 e. The number of carbonyl (C=O) groups excluding carboxylic acids is 1. The van der Waals surface area contributed by atoms with Gasteiger partial charge in [0, 0.05) is 11.9 Å². The molecule has 5 rings (SSSR count). The van der Waals surface area contributed by atoms with Crippen molar-refractivity contribution < 1.29 is 13.9 Å². The Kier molecular flexibility index (Phi) is 5.34. The summed E-state index contributed by atoms with van der Waals surface area (Å²) in [6.45, 7) is 0.590. The Hall–Kier alpha value is -3.33. The zero-order chi connectivity index (χ0) is 22.1. The number of hydrogen-bond acceptors (Lipinski definition) is 5. The van der Waals surface area contributed by atoms with Crippen LogP contribution in [0.4, 0.5) is 11.5 Å². The fourth-order valence-corrected chi connectivity index (χ4v) is 5.63. The molecule has 7 nitrogen and oxygen atoms in total. The van der Waals surface area contributed by atoms with Crippen LogP contribution in [0, 0.1) is 0 Å². The molecule has 4 N–H and O–H groups in total. The zero-order valence-electron chi connectivity index (χ0n) is 17.4. The molecule has 0 bridgehead atoms. The summed E-state index contributed by atoms with van der Waals surface area (Å²) in [5.74, 6) is 0.647. The summed E-state index contributed by atoms with van der Waals surface area (Å²) in [5.41, 5.74) is 4.63. The number of anilines is 2. The van der Waals surface area contributed by atoms with Gasteiger partial charge >= 0.3 is 0 Å². The third-order valence-electron chi connectivity index (χ3n) is 5.65. The maximum atomic E-state index is 12.7. The monoisotopic (exact) mass is 448 g/mol. The Morgan fingerprint density at radius 2 is 1.78 bits per heavy atom. The van der Waals surface area contributed by atoms with Crippen molar-refractivity contribution in [2.45, 2.75) is 12.8 Å². The van der Waals surface area contributed by atoms with E-state index in [4.69, 9.17) is 0 Å². The van der Waals surface area contributed by atoms with E-state index >= 15 is 0 Å². The topological polar surface area (TPSA) is 101 Å². The molecular weight excluding hydrogens is 424 g/mol. The van der Waals surface area contributed by atoms with Crippen molar-refractivity contribution in [3.63, 3.8) is 0 Å². The first-order valence-corrected chi connectivity index (χ1v) is 12.1. The average molecular weight is 449 g/mol. The Balaban J connectivity index is 1.31. The quantitative estimate of drug-likeness (QED) is 0.332. The number of rotatable bonds is 5. The maximum Gasteiger partial charge on any atom is 0.230 e. The largest absolute Gasteiger partial charge is 0.308 e. The number of nitrogens with zero attached hydrogens (tertiary/aromatic N) is 2. The minimum atomic E-state index is -2.78. The highest BCUT2D eigenvalue weighted by atomic mass is 32.3. The van der Waals surface area contributed by atoms with Crippen molar-refractivity contribution in [3.8, 4) is 11.1 Å². The van der Waals surface area contributed by atoms with Crippen LogP contribution in [0.1, 0.15) is 12.0 Å². The second-order valence-electron chi connectivity index (χ2n) is 7.88. The number of H-pyrrole nitrogens is 1. The summed E-state index contributed by atoms with van der Waals surface area (Å²) >= 11 is 0. The van der Waals surface area contributed by atoms with Crippen molar-refractivity contribution >= 4 is 39.1 Å². The van der Waals surface area contributed by atoms with Gasteiger partial charge < -0.3 is 5.32 Å². The van der Waals surface area contributed by atoms with Crippen molar-refractivity contribution in [3.05, 3.63) is 78.4 Å². The molecule has 3 aromatic carbocycles. The molecule has 0 saturated carbocycles. The van der Waals surface area contributed by atoms with Gasteiger partial charge in [0.05, 0.1) is 23.4 Å². The van der Waals surface area contributed by atoms with Crippen LogP contribution in [0.3, 0.4) is 0 Å².